The standard InChI is InChI=1S/C18H29NO/c1-4-5-15-8-11-18(20)16(12-15)13-19(3)17-9-6-14(2)7-10-17/h6-7,9-10,15-16,18,20H,4-5,8,11-13H2,1-3H3. The van der Waals surface area contributed by atoms with Gasteiger partial charge in [-0.25, -0.2) is 0 Å². The van der Waals surface area contributed by atoms with Crippen molar-refractivity contribution >= 4 is 5.69 Å². The molecule has 1 saturated carbocycles. The highest BCUT2D eigenvalue weighted by Gasteiger charge is 2.29. The Morgan fingerprint density at radius 2 is 1.90 bits per heavy atom. The zero-order chi connectivity index (χ0) is 14.5. The minimum absolute atomic E-state index is 0.115. The fraction of sp³-hybridized carbons (Fsp3) is 0.667. The molecule has 0 saturated heterocycles. The molecule has 1 aromatic rings. The predicted molar refractivity (Wildman–Crippen MR) is 86.2 cm³/mol. The van der Waals surface area contributed by atoms with Crippen LogP contribution in [0.4, 0.5) is 5.69 Å². The Hall–Kier alpha value is -1.02. The first kappa shape index (κ1) is 15.4. The summed E-state index contributed by atoms with van der Waals surface area (Å²) in [4.78, 5) is 2.29. The molecule has 0 bridgehead atoms. The number of anilines is 1. The van der Waals surface area contributed by atoms with E-state index < -0.39 is 0 Å². The number of benzene rings is 1. The summed E-state index contributed by atoms with van der Waals surface area (Å²) in [7, 11) is 2.14. The first-order chi connectivity index (χ1) is 9.60. The highest BCUT2D eigenvalue weighted by molar-refractivity contribution is 5.46. The molecule has 1 N–H and O–H groups in total. The summed E-state index contributed by atoms with van der Waals surface area (Å²) < 4.78 is 0. The van der Waals surface area contributed by atoms with Crippen LogP contribution < -0.4 is 4.90 Å². The summed E-state index contributed by atoms with van der Waals surface area (Å²) in [5, 5.41) is 10.3. The molecule has 1 aliphatic carbocycles. The smallest absolute Gasteiger partial charge is 0.0585 e. The van der Waals surface area contributed by atoms with Gasteiger partial charge in [0.2, 0.25) is 0 Å². The number of hydrogen-bond donors (Lipinski definition) is 1. The highest BCUT2D eigenvalue weighted by atomic mass is 16.3. The maximum atomic E-state index is 10.3. The van der Waals surface area contributed by atoms with Crippen LogP contribution in [0, 0.1) is 18.8 Å². The van der Waals surface area contributed by atoms with Crippen LogP contribution in [-0.2, 0) is 0 Å². The molecule has 2 rings (SSSR count). The van der Waals surface area contributed by atoms with Crippen molar-refractivity contribution in [2.45, 2.75) is 52.1 Å². The lowest BCUT2D eigenvalue weighted by Crippen LogP contribution is -2.37. The maximum absolute atomic E-state index is 10.3. The zero-order valence-electron chi connectivity index (χ0n) is 13.2. The van der Waals surface area contributed by atoms with Gasteiger partial charge in [0.25, 0.3) is 0 Å². The van der Waals surface area contributed by atoms with E-state index >= 15 is 0 Å². The molecule has 0 heterocycles. The van der Waals surface area contributed by atoms with Gasteiger partial charge in [-0.1, -0.05) is 37.5 Å². The van der Waals surface area contributed by atoms with Gasteiger partial charge in [-0.05, 0) is 44.2 Å². The Bertz CT molecular complexity index is 400. The van der Waals surface area contributed by atoms with Gasteiger partial charge in [0.15, 0.2) is 0 Å². The second-order valence-corrected chi connectivity index (χ2v) is 6.51. The third-order valence-electron chi connectivity index (χ3n) is 4.73. The van der Waals surface area contributed by atoms with Crippen molar-refractivity contribution in [3.63, 3.8) is 0 Å². The van der Waals surface area contributed by atoms with Gasteiger partial charge in [0.1, 0.15) is 0 Å². The average Bonchev–Trinajstić information content (AvgIpc) is 2.43. The first-order valence-electron chi connectivity index (χ1n) is 8.06. The minimum atomic E-state index is -0.115. The third kappa shape index (κ3) is 3.99. The molecule has 1 aliphatic rings. The van der Waals surface area contributed by atoms with E-state index in [9.17, 15) is 5.11 Å². The van der Waals surface area contributed by atoms with Crippen molar-refractivity contribution in [1.82, 2.24) is 0 Å². The van der Waals surface area contributed by atoms with Crippen LogP contribution in [0.5, 0.6) is 0 Å². The summed E-state index contributed by atoms with van der Waals surface area (Å²) in [6.07, 6.45) is 5.84. The third-order valence-corrected chi connectivity index (χ3v) is 4.73. The molecule has 1 aromatic carbocycles. The Morgan fingerprint density at radius 3 is 2.55 bits per heavy atom. The van der Waals surface area contributed by atoms with Crippen molar-refractivity contribution in [3.05, 3.63) is 29.8 Å². The quantitative estimate of drug-likeness (QED) is 0.877. The van der Waals surface area contributed by atoms with E-state index in [0.29, 0.717) is 5.92 Å². The minimum Gasteiger partial charge on any atom is -0.393 e. The van der Waals surface area contributed by atoms with Crippen molar-refractivity contribution < 1.29 is 5.11 Å². The normalized spacial score (nSPS) is 26.5. The number of nitrogens with zero attached hydrogens (tertiary/aromatic N) is 1. The van der Waals surface area contributed by atoms with Crippen molar-refractivity contribution in [2.24, 2.45) is 11.8 Å². The Labute approximate surface area is 123 Å². The van der Waals surface area contributed by atoms with Crippen LogP contribution in [0.2, 0.25) is 0 Å². The molecule has 0 amide bonds. The van der Waals surface area contributed by atoms with Gasteiger partial charge in [0.05, 0.1) is 6.10 Å². The van der Waals surface area contributed by atoms with Gasteiger partial charge in [-0.2, -0.15) is 0 Å². The summed E-state index contributed by atoms with van der Waals surface area (Å²) in [5.41, 5.74) is 2.54. The van der Waals surface area contributed by atoms with Crippen LogP contribution in [-0.4, -0.2) is 24.8 Å². The van der Waals surface area contributed by atoms with Crippen LogP contribution in [0.15, 0.2) is 24.3 Å². The van der Waals surface area contributed by atoms with Crippen LogP contribution in [0.3, 0.4) is 0 Å². The zero-order valence-corrected chi connectivity index (χ0v) is 13.2. The van der Waals surface area contributed by atoms with E-state index in [1.54, 1.807) is 0 Å². The molecule has 2 nitrogen and oxygen atoms in total. The number of rotatable bonds is 5. The lowest BCUT2D eigenvalue weighted by atomic mass is 9.77. The second kappa shape index (κ2) is 7.12. The Kier molecular flexibility index (Phi) is 5.47. The van der Waals surface area contributed by atoms with Gasteiger partial charge in [-0.15, -0.1) is 0 Å². The summed E-state index contributed by atoms with van der Waals surface area (Å²) in [6, 6.07) is 8.66. The van der Waals surface area contributed by atoms with Crippen LogP contribution in [0.25, 0.3) is 0 Å². The molecule has 112 valence electrons. The molecular formula is C18H29NO. The van der Waals surface area contributed by atoms with Gasteiger partial charge < -0.3 is 10.0 Å². The topological polar surface area (TPSA) is 23.5 Å². The lowest BCUT2D eigenvalue weighted by Gasteiger charge is -2.36. The molecule has 3 atom stereocenters. The first-order valence-corrected chi connectivity index (χ1v) is 8.06. The summed E-state index contributed by atoms with van der Waals surface area (Å²) in [6.45, 7) is 5.34. The second-order valence-electron chi connectivity index (χ2n) is 6.51. The number of aryl methyl sites for hydroxylation is 1. The fourth-order valence-electron chi connectivity index (χ4n) is 3.47. The van der Waals surface area contributed by atoms with Crippen molar-refractivity contribution in [3.8, 4) is 0 Å². The number of hydrogen-bond acceptors (Lipinski definition) is 2. The van der Waals surface area contributed by atoms with Crippen molar-refractivity contribution in [2.75, 3.05) is 18.5 Å². The SMILES string of the molecule is CCCC1CCC(O)C(CN(C)c2ccc(C)cc2)C1. The van der Waals surface area contributed by atoms with Crippen molar-refractivity contribution in [1.29, 1.82) is 0 Å². The number of aliphatic hydroxyl groups is 1. The van der Waals surface area contributed by atoms with E-state index in [1.165, 1.54) is 36.9 Å². The van der Waals surface area contributed by atoms with Gasteiger partial charge >= 0.3 is 0 Å². The summed E-state index contributed by atoms with van der Waals surface area (Å²) >= 11 is 0. The Balaban J connectivity index is 1.94. The van der Waals surface area contributed by atoms with E-state index in [2.05, 4.69) is 50.1 Å². The average molecular weight is 275 g/mol. The monoisotopic (exact) mass is 275 g/mol. The molecule has 0 aliphatic heterocycles. The predicted octanol–water partition coefficient (Wildman–Crippen LogP) is 4.01. The largest absolute Gasteiger partial charge is 0.393 e. The Morgan fingerprint density at radius 1 is 1.20 bits per heavy atom. The molecule has 20 heavy (non-hydrogen) atoms. The molecule has 2 heteroatoms. The molecule has 0 radical (unpaired) electrons. The van der Waals surface area contributed by atoms with E-state index in [-0.39, 0.29) is 6.10 Å². The van der Waals surface area contributed by atoms with Gasteiger partial charge in [0, 0.05) is 25.2 Å². The van der Waals surface area contributed by atoms with E-state index in [4.69, 9.17) is 0 Å². The summed E-state index contributed by atoms with van der Waals surface area (Å²) in [5.74, 6) is 1.24. The number of aliphatic hydroxyl groups excluding tert-OH is 1. The molecule has 3 unspecified atom stereocenters. The van der Waals surface area contributed by atoms with Crippen LogP contribution >= 0.6 is 0 Å². The van der Waals surface area contributed by atoms with Gasteiger partial charge in [-0.3, -0.25) is 0 Å². The van der Waals surface area contributed by atoms with E-state index in [1.807, 2.05) is 0 Å². The lowest BCUT2D eigenvalue weighted by molar-refractivity contribution is 0.0499. The molecule has 0 spiro atoms. The molecule has 1 fully saturated rings. The highest BCUT2D eigenvalue weighted by Crippen LogP contribution is 2.33. The molecular weight excluding hydrogens is 246 g/mol. The fourth-order valence-corrected chi connectivity index (χ4v) is 3.47. The molecule has 0 aromatic heterocycles. The van der Waals surface area contributed by atoms with Crippen LogP contribution in [0.1, 0.15) is 44.6 Å². The maximum Gasteiger partial charge on any atom is 0.0585 e. The van der Waals surface area contributed by atoms with E-state index in [0.717, 1.165) is 18.9 Å².